The molecule has 0 saturated heterocycles. The Hall–Kier alpha value is -4.00. The summed E-state index contributed by atoms with van der Waals surface area (Å²) in [6.45, 7) is 0.566. The van der Waals surface area contributed by atoms with Gasteiger partial charge in [0.2, 0.25) is 5.90 Å². The highest BCUT2D eigenvalue weighted by Gasteiger charge is 2.26. The molecule has 0 aromatic heterocycles. The third kappa shape index (κ3) is 4.49. The van der Waals surface area contributed by atoms with Crippen LogP contribution in [0.3, 0.4) is 0 Å². The Labute approximate surface area is 213 Å². The summed E-state index contributed by atoms with van der Waals surface area (Å²) < 4.78 is 6.19. The predicted octanol–water partition coefficient (Wildman–Crippen LogP) is 6.63. The maximum atomic E-state index is 6.19. The van der Waals surface area contributed by atoms with Crippen molar-refractivity contribution >= 4 is 29.7 Å². The van der Waals surface area contributed by atoms with Crippen LogP contribution in [0.2, 0.25) is 0 Å². The lowest BCUT2D eigenvalue weighted by Crippen LogP contribution is -2.22. The second-order valence-electron chi connectivity index (χ2n) is 8.74. The van der Waals surface area contributed by atoms with Crippen molar-refractivity contribution in [2.45, 2.75) is 6.04 Å². The molecule has 3 heteroatoms. The van der Waals surface area contributed by atoms with Crippen LogP contribution >= 0.6 is 7.92 Å². The van der Waals surface area contributed by atoms with Crippen LogP contribution in [0.25, 0.3) is 11.1 Å². The van der Waals surface area contributed by atoms with E-state index < -0.39 is 7.92 Å². The molecule has 0 N–H and O–H groups in total. The number of rotatable bonds is 6. The average Bonchev–Trinajstić information content (AvgIpc) is 3.46. The van der Waals surface area contributed by atoms with Crippen molar-refractivity contribution in [1.29, 1.82) is 0 Å². The molecular weight excluding hydrogens is 457 g/mol. The van der Waals surface area contributed by atoms with Crippen molar-refractivity contribution in [1.82, 2.24) is 0 Å². The van der Waals surface area contributed by atoms with Gasteiger partial charge in [0.1, 0.15) is 12.6 Å². The molecule has 0 bridgehead atoms. The molecule has 5 aromatic rings. The van der Waals surface area contributed by atoms with Gasteiger partial charge in [-0.3, -0.25) is 0 Å². The van der Waals surface area contributed by atoms with Crippen LogP contribution in [-0.4, -0.2) is 12.5 Å². The molecule has 0 fully saturated rings. The van der Waals surface area contributed by atoms with E-state index in [1.165, 1.54) is 27.0 Å². The largest absolute Gasteiger partial charge is 0.475 e. The minimum atomic E-state index is -0.741. The molecule has 1 aliphatic heterocycles. The Bertz CT molecular complexity index is 1440. The summed E-state index contributed by atoms with van der Waals surface area (Å²) >= 11 is 0. The summed E-state index contributed by atoms with van der Waals surface area (Å²) in [4.78, 5) is 5.01. The maximum Gasteiger partial charge on any atom is 0.217 e. The Morgan fingerprint density at radius 2 is 1.03 bits per heavy atom. The highest BCUT2D eigenvalue weighted by molar-refractivity contribution is 7.80. The van der Waals surface area contributed by atoms with Gasteiger partial charge in [-0.1, -0.05) is 133 Å². The molecule has 1 heterocycles. The van der Waals surface area contributed by atoms with Gasteiger partial charge in [-0.15, -0.1) is 0 Å². The number of nitrogens with zero attached hydrogens (tertiary/aromatic N) is 1. The first kappa shape index (κ1) is 22.5. The highest BCUT2D eigenvalue weighted by atomic mass is 31.1. The molecular formula is C33H26NOP. The fourth-order valence-electron chi connectivity index (χ4n) is 4.75. The van der Waals surface area contributed by atoms with Crippen LogP contribution < -0.4 is 15.9 Å². The van der Waals surface area contributed by atoms with Gasteiger partial charge in [-0.25, -0.2) is 4.99 Å². The first-order valence-corrected chi connectivity index (χ1v) is 13.6. The Morgan fingerprint density at radius 3 is 1.67 bits per heavy atom. The van der Waals surface area contributed by atoms with Gasteiger partial charge in [0.15, 0.2) is 0 Å². The number of ether oxygens (including phenoxy) is 1. The monoisotopic (exact) mass is 483 g/mol. The molecule has 174 valence electrons. The minimum absolute atomic E-state index is 0.0234. The molecule has 0 radical (unpaired) electrons. The second kappa shape index (κ2) is 10.3. The fourth-order valence-corrected chi connectivity index (χ4v) is 7.22. The summed E-state index contributed by atoms with van der Waals surface area (Å²) in [6, 6.07) is 49.4. The fraction of sp³-hybridized carbons (Fsp3) is 0.0606. The van der Waals surface area contributed by atoms with Crippen molar-refractivity contribution in [3.05, 3.63) is 151 Å². The normalized spacial score (nSPS) is 14.9. The molecule has 0 amide bonds. The predicted molar refractivity (Wildman–Crippen MR) is 152 cm³/mol. The van der Waals surface area contributed by atoms with Gasteiger partial charge >= 0.3 is 0 Å². The molecule has 2 nitrogen and oxygen atoms in total. The van der Waals surface area contributed by atoms with Crippen LogP contribution in [0, 0.1) is 0 Å². The lowest BCUT2D eigenvalue weighted by molar-refractivity contribution is 0.320. The van der Waals surface area contributed by atoms with E-state index in [2.05, 4.69) is 133 Å². The quantitative estimate of drug-likeness (QED) is 0.249. The van der Waals surface area contributed by atoms with E-state index in [0.717, 1.165) is 17.0 Å². The SMILES string of the molecule is c1ccc([C@H]2COC(c3ccccc3-c3ccccc3P(c3ccccc3)c3ccccc3)=N2)cc1. The average molecular weight is 484 g/mol. The standard InChI is InChI=1S/C33H26NOP/c1-4-14-25(15-5-1)31-24-35-33(34-31)30-22-11-10-20-28(30)29-21-12-13-23-32(29)36(26-16-6-2-7-17-26)27-18-8-3-9-19-27/h1-23,31H,24H2/t31-/m1/s1. The van der Waals surface area contributed by atoms with E-state index in [1.807, 2.05) is 6.07 Å². The van der Waals surface area contributed by atoms with Crippen molar-refractivity contribution in [3.8, 4) is 11.1 Å². The van der Waals surface area contributed by atoms with Gasteiger partial charge in [0.05, 0.1) is 0 Å². The zero-order valence-corrected chi connectivity index (χ0v) is 20.8. The van der Waals surface area contributed by atoms with E-state index >= 15 is 0 Å². The molecule has 5 aromatic carbocycles. The topological polar surface area (TPSA) is 21.6 Å². The number of hydrogen-bond donors (Lipinski definition) is 0. The van der Waals surface area contributed by atoms with Gasteiger partial charge in [-0.2, -0.15) is 0 Å². The van der Waals surface area contributed by atoms with E-state index in [0.29, 0.717) is 6.61 Å². The van der Waals surface area contributed by atoms with E-state index in [9.17, 15) is 0 Å². The molecule has 1 atom stereocenters. The van der Waals surface area contributed by atoms with Crippen molar-refractivity contribution in [2.75, 3.05) is 6.61 Å². The lowest BCUT2D eigenvalue weighted by atomic mass is 9.99. The zero-order valence-electron chi connectivity index (χ0n) is 19.9. The minimum Gasteiger partial charge on any atom is -0.475 e. The third-order valence-corrected chi connectivity index (χ3v) is 8.96. The van der Waals surface area contributed by atoms with Gasteiger partial charge in [-0.05, 0) is 46.6 Å². The molecule has 0 aliphatic carbocycles. The summed E-state index contributed by atoms with van der Waals surface area (Å²) in [6.07, 6.45) is 0. The Balaban J connectivity index is 1.48. The summed E-state index contributed by atoms with van der Waals surface area (Å²) in [5.74, 6) is 0.720. The number of hydrogen-bond acceptors (Lipinski definition) is 2. The smallest absolute Gasteiger partial charge is 0.217 e. The molecule has 0 saturated carbocycles. The molecule has 1 aliphatic rings. The van der Waals surface area contributed by atoms with E-state index in [1.54, 1.807) is 0 Å². The molecule has 36 heavy (non-hydrogen) atoms. The van der Waals surface area contributed by atoms with Crippen molar-refractivity contribution in [2.24, 2.45) is 4.99 Å². The first-order chi connectivity index (χ1) is 17.9. The van der Waals surface area contributed by atoms with E-state index in [-0.39, 0.29) is 6.04 Å². The first-order valence-electron chi connectivity index (χ1n) is 12.2. The van der Waals surface area contributed by atoms with Crippen LogP contribution in [0.4, 0.5) is 0 Å². The summed E-state index contributed by atoms with van der Waals surface area (Å²) in [5.41, 5.74) is 4.60. The van der Waals surface area contributed by atoms with Gasteiger partial charge in [0, 0.05) is 5.56 Å². The highest BCUT2D eigenvalue weighted by Crippen LogP contribution is 2.38. The zero-order chi connectivity index (χ0) is 24.2. The maximum absolute atomic E-state index is 6.19. The van der Waals surface area contributed by atoms with Crippen LogP contribution in [0.5, 0.6) is 0 Å². The third-order valence-electron chi connectivity index (χ3n) is 6.46. The van der Waals surface area contributed by atoms with Crippen molar-refractivity contribution < 1.29 is 4.74 Å². The second-order valence-corrected chi connectivity index (χ2v) is 10.9. The molecule has 0 unspecified atom stereocenters. The van der Waals surface area contributed by atoms with Crippen LogP contribution in [0.15, 0.2) is 145 Å². The van der Waals surface area contributed by atoms with Crippen LogP contribution in [-0.2, 0) is 4.74 Å². The number of benzene rings is 5. The summed E-state index contributed by atoms with van der Waals surface area (Å²) in [7, 11) is -0.741. The number of aliphatic imine (C=N–C) groups is 1. The lowest BCUT2D eigenvalue weighted by Gasteiger charge is -2.23. The van der Waals surface area contributed by atoms with Gasteiger partial charge < -0.3 is 4.74 Å². The van der Waals surface area contributed by atoms with Gasteiger partial charge in [0.25, 0.3) is 0 Å². The van der Waals surface area contributed by atoms with E-state index in [4.69, 9.17) is 9.73 Å². The summed E-state index contributed by atoms with van der Waals surface area (Å²) in [5, 5.41) is 4.00. The van der Waals surface area contributed by atoms with Crippen molar-refractivity contribution in [3.63, 3.8) is 0 Å². The molecule has 0 spiro atoms. The molecule has 6 rings (SSSR count). The Kier molecular flexibility index (Phi) is 6.44. The van der Waals surface area contributed by atoms with Crippen LogP contribution in [0.1, 0.15) is 17.2 Å². The Morgan fingerprint density at radius 1 is 0.528 bits per heavy atom.